The lowest BCUT2D eigenvalue weighted by atomic mass is 10.0. The molecule has 104 valence electrons. The van der Waals surface area contributed by atoms with Gasteiger partial charge in [0.1, 0.15) is 0 Å². The number of amides is 3. The second-order valence-electron chi connectivity index (χ2n) is 4.96. The van der Waals surface area contributed by atoms with Crippen molar-refractivity contribution in [2.45, 2.75) is 46.6 Å². The average molecular weight is 258 g/mol. The van der Waals surface area contributed by atoms with Crippen LogP contribution >= 0.6 is 0 Å². The Morgan fingerprint density at radius 3 is 2.06 bits per heavy atom. The number of hydrogen-bond donors (Lipinski definition) is 3. The van der Waals surface area contributed by atoms with Gasteiger partial charge in [0, 0.05) is 18.9 Å². The second kappa shape index (κ2) is 7.68. The smallest absolute Gasteiger partial charge is 0.321 e. The SMILES string of the molecule is CC(CC(=O)O)CC(=O)NC(=O)NC(C)C(C)C. The molecule has 0 heterocycles. The third-order valence-electron chi connectivity index (χ3n) is 2.67. The van der Waals surface area contributed by atoms with Gasteiger partial charge in [0.15, 0.2) is 0 Å². The molecule has 2 atom stereocenters. The minimum Gasteiger partial charge on any atom is -0.481 e. The Morgan fingerprint density at radius 1 is 1.06 bits per heavy atom. The zero-order valence-electron chi connectivity index (χ0n) is 11.3. The van der Waals surface area contributed by atoms with Gasteiger partial charge in [-0.3, -0.25) is 14.9 Å². The lowest BCUT2D eigenvalue weighted by molar-refractivity contribution is -0.138. The van der Waals surface area contributed by atoms with E-state index >= 15 is 0 Å². The number of hydrogen-bond acceptors (Lipinski definition) is 3. The number of urea groups is 1. The standard InChI is InChI=1S/C12H22N2O4/c1-7(2)9(4)13-12(18)14-10(15)5-8(3)6-11(16)17/h7-9H,5-6H2,1-4H3,(H,16,17)(H2,13,14,15,18). The molecular weight excluding hydrogens is 236 g/mol. The lowest BCUT2D eigenvalue weighted by Crippen LogP contribution is -2.45. The maximum atomic E-state index is 11.4. The van der Waals surface area contributed by atoms with Gasteiger partial charge in [-0.15, -0.1) is 0 Å². The molecule has 0 bridgehead atoms. The largest absolute Gasteiger partial charge is 0.481 e. The van der Waals surface area contributed by atoms with Crippen LogP contribution in [0.5, 0.6) is 0 Å². The molecule has 18 heavy (non-hydrogen) atoms. The highest BCUT2D eigenvalue weighted by Gasteiger charge is 2.16. The Hall–Kier alpha value is -1.59. The minimum absolute atomic E-state index is 0.0236. The molecule has 6 heteroatoms. The molecule has 0 aromatic heterocycles. The van der Waals surface area contributed by atoms with Crippen molar-refractivity contribution in [3.05, 3.63) is 0 Å². The van der Waals surface area contributed by atoms with Crippen molar-refractivity contribution >= 4 is 17.9 Å². The van der Waals surface area contributed by atoms with Gasteiger partial charge in [0.25, 0.3) is 0 Å². The van der Waals surface area contributed by atoms with Gasteiger partial charge in [-0.2, -0.15) is 0 Å². The van der Waals surface area contributed by atoms with E-state index in [9.17, 15) is 14.4 Å². The van der Waals surface area contributed by atoms with E-state index in [1.54, 1.807) is 6.92 Å². The summed E-state index contributed by atoms with van der Waals surface area (Å²) in [7, 11) is 0. The third kappa shape index (κ3) is 7.65. The van der Waals surface area contributed by atoms with Crippen molar-refractivity contribution in [2.24, 2.45) is 11.8 Å². The molecule has 0 aliphatic rings. The van der Waals surface area contributed by atoms with Gasteiger partial charge in [-0.25, -0.2) is 4.79 Å². The highest BCUT2D eigenvalue weighted by molar-refractivity contribution is 5.94. The van der Waals surface area contributed by atoms with E-state index in [0.29, 0.717) is 0 Å². The van der Waals surface area contributed by atoms with Crippen LogP contribution in [0.3, 0.4) is 0 Å². The van der Waals surface area contributed by atoms with Crippen LogP contribution in [-0.2, 0) is 9.59 Å². The predicted octanol–water partition coefficient (Wildman–Crippen LogP) is 1.36. The summed E-state index contributed by atoms with van der Waals surface area (Å²) in [6.45, 7) is 7.42. The molecule has 3 amide bonds. The van der Waals surface area contributed by atoms with Crippen LogP contribution < -0.4 is 10.6 Å². The molecule has 0 spiro atoms. The average Bonchev–Trinajstić information content (AvgIpc) is 2.14. The highest BCUT2D eigenvalue weighted by Crippen LogP contribution is 2.06. The van der Waals surface area contributed by atoms with Crippen LogP contribution in [0.2, 0.25) is 0 Å². The van der Waals surface area contributed by atoms with Gasteiger partial charge < -0.3 is 10.4 Å². The highest BCUT2D eigenvalue weighted by atomic mass is 16.4. The maximum absolute atomic E-state index is 11.4. The molecule has 2 unspecified atom stereocenters. The first-order valence-corrected chi connectivity index (χ1v) is 6.04. The van der Waals surface area contributed by atoms with Gasteiger partial charge in [0.05, 0.1) is 0 Å². The summed E-state index contributed by atoms with van der Waals surface area (Å²) in [6.07, 6.45) is -0.0623. The van der Waals surface area contributed by atoms with E-state index in [4.69, 9.17) is 5.11 Å². The monoisotopic (exact) mass is 258 g/mol. The first-order chi connectivity index (χ1) is 8.22. The number of carbonyl (C=O) groups excluding carboxylic acids is 2. The molecule has 0 aromatic rings. The molecule has 0 aliphatic carbocycles. The van der Waals surface area contributed by atoms with Gasteiger partial charge in [-0.1, -0.05) is 20.8 Å². The number of nitrogens with one attached hydrogen (secondary N) is 2. The van der Waals surface area contributed by atoms with Gasteiger partial charge in [0.2, 0.25) is 5.91 Å². The van der Waals surface area contributed by atoms with Gasteiger partial charge in [-0.05, 0) is 18.8 Å². The van der Waals surface area contributed by atoms with E-state index in [-0.39, 0.29) is 30.7 Å². The molecule has 3 N–H and O–H groups in total. The molecule has 0 aromatic carbocycles. The Morgan fingerprint density at radius 2 is 1.61 bits per heavy atom. The summed E-state index contributed by atoms with van der Waals surface area (Å²) in [5.74, 6) is -1.43. The number of imide groups is 1. The lowest BCUT2D eigenvalue weighted by Gasteiger charge is -2.17. The van der Waals surface area contributed by atoms with Crippen molar-refractivity contribution < 1.29 is 19.5 Å². The van der Waals surface area contributed by atoms with Crippen LogP contribution in [0.4, 0.5) is 4.79 Å². The van der Waals surface area contributed by atoms with Crippen molar-refractivity contribution in [2.75, 3.05) is 0 Å². The van der Waals surface area contributed by atoms with Crippen molar-refractivity contribution in [3.8, 4) is 0 Å². The van der Waals surface area contributed by atoms with Crippen LogP contribution in [0.1, 0.15) is 40.5 Å². The summed E-state index contributed by atoms with van der Waals surface area (Å²) < 4.78 is 0. The quantitative estimate of drug-likeness (QED) is 0.670. The van der Waals surface area contributed by atoms with Crippen LogP contribution in [-0.4, -0.2) is 29.1 Å². The zero-order chi connectivity index (χ0) is 14.3. The second-order valence-corrected chi connectivity index (χ2v) is 4.96. The minimum atomic E-state index is -0.951. The van der Waals surface area contributed by atoms with Crippen LogP contribution in [0.25, 0.3) is 0 Å². The predicted molar refractivity (Wildman–Crippen MR) is 67.0 cm³/mol. The first kappa shape index (κ1) is 16.4. The van der Waals surface area contributed by atoms with E-state index in [1.807, 2.05) is 20.8 Å². The Bertz CT molecular complexity index is 315. The third-order valence-corrected chi connectivity index (χ3v) is 2.67. The normalized spacial score (nSPS) is 13.8. The summed E-state index contributed by atoms with van der Waals surface area (Å²) in [5, 5.41) is 13.4. The van der Waals surface area contributed by atoms with E-state index in [1.165, 1.54) is 0 Å². The molecule has 0 fully saturated rings. The molecule has 0 saturated heterocycles. The number of carbonyl (C=O) groups is 3. The van der Waals surface area contributed by atoms with Crippen molar-refractivity contribution in [1.29, 1.82) is 0 Å². The Labute approximate surface area is 107 Å². The fourth-order valence-corrected chi connectivity index (χ4v) is 1.27. The summed E-state index contributed by atoms with van der Waals surface area (Å²) >= 11 is 0. The van der Waals surface area contributed by atoms with E-state index < -0.39 is 17.9 Å². The topological polar surface area (TPSA) is 95.5 Å². The molecule has 0 saturated carbocycles. The number of aliphatic carboxylic acids is 1. The number of rotatable bonds is 6. The van der Waals surface area contributed by atoms with Crippen LogP contribution in [0, 0.1) is 11.8 Å². The fourth-order valence-electron chi connectivity index (χ4n) is 1.27. The number of carboxylic acids is 1. The zero-order valence-corrected chi connectivity index (χ0v) is 11.3. The van der Waals surface area contributed by atoms with Gasteiger partial charge >= 0.3 is 12.0 Å². The van der Waals surface area contributed by atoms with Crippen molar-refractivity contribution in [3.63, 3.8) is 0 Å². The van der Waals surface area contributed by atoms with Crippen LogP contribution in [0.15, 0.2) is 0 Å². The molecule has 0 radical (unpaired) electrons. The van der Waals surface area contributed by atoms with E-state index in [2.05, 4.69) is 10.6 Å². The fraction of sp³-hybridized carbons (Fsp3) is 0.750. The summed E-state index contributed by atoms with van der Waals surface area (Å²) in [6, 6.07) is -0.571. The summed E-state index contributed by atoms with van der Waals surface area (Å²) in [5.41, 5.74) is 0. The van der Waals surface area contributed by atoms with Crippen molar-refractivity contribution in [1.82, 2.24) is 10.6 Å². The number of carboxylic acid groups (broad SMARTS) is 1. The Kier molecular flexibility index (Phi) is 7.00. The van der Waals surface area contributed by atoms with E-state index in [0.717, 1.165) is 0 Å². The maximum Gasteiger partial charge on any atom is 0.321 e. The Balaban J connectivity index is 4.01. The molecule has 0 rings (SSSR count). The first-order valence-electron chi connectivity index (χ1n) is 6.04. The molecular formula is C12H22N2O4. The summed E-state index contributed by atoms with van der Waals surface area (Å²) in [4.78, 5) is 33.3. The molecule has 0 aliphatic heterocycles. The molecule has 6 nitrogen and oxygen atoms in total.